The molecule has 126 valence electrons. The van der Waals surface area contributed by atoms with Crippen LogP contribution in [0.2, 0.25) is 0 Å². The summed E-state index contributed by atoms with van der Waals surface area (Å²) >= 11 is 1.39. The van der Waals surface area contributed by atoms with E-state index in [9.17, 15) is 9.59 Å². The molecular formula is C19H16N2O3S. The van der Waals surface area contributed by atoms with Crippen molar-refractivity contribution in [3.05, 3.63) is 74.8 Å². The Kier molecular flexibility index (Phi) is 3.97. The lowest BCUT2D eigenvalue weighted by molar-refractivity contribution is 0.482. The second-order valence-corrected chi connectivity index (χ2v) is 6.89. The summed E-state index contributed by atoms with van der Waals surface area (Å²) in [5.74, 6) is 1.35. The first-order chi connectivity index (χ1) is 12.2. The molecule has 0 atom stereocenters. The van der Waals surface area contributed by atoms with Crippen molar-refractivity contribution in [1.82, 2.24) is 9.55 Å². The molecule has 0 spiro atoms. The minimum Gasteiger partial charge on any atom is -0.467 e. The Morgan fingerprint density at radius 2 is 2.00 bits per heavy atom. The number of furan rings is 1. The highest BCUT2D eigenvalue weighted by atomic mass is 32.1. The fourth-order valence-corrected chi connectivity index (χ4v) is 4.02. The van der Waals surface area contributed by atoms with Crippen molar-refractivity contribution in [2.75, 3.05) is 0 Å². The first-order valence-corrected chi connectivity index (χ1v) is 8.98. The number of aryl methyl sites for hydroxylation is 1. The molecule has 4 aromatic rings. The van der Waals surface area contributed by atoms with Gasteiger partial charge in [0.05, 0.1) is 12.8 Å². The van der Waals surface area contributed by atoms with Crippen LogP contribution in [0.3, 0.4) is 0 Å². The van der Waals surface area contributed by atoms with Gasteiger partial charge in [-0.2, -0.15) is 0 Å². The van der Waals surface area contributed by atoms with Crippen molar-refractivity contribution < 1.29 is 4.42 Å². The minimum absolute atomic E-state index is 0.162. The van der Waals surface area contributed by atoms with Crippen LogP contribution in [0.15, 0.2) is 56.7 Å². The van der Waals surface area contributed by atoms with Gasteiger partial charge in [-0.05, 0) is 30.7 Å². The second-order valence-electron chi connectivity index (χ2n) is 5.86. The van der Waals surface area contributed by atoms with Gasteiger partial charge in [-0.25, -0.2) is 4.98 Å². The highest BCUT2D eigenvalue weighted by Gasteiger charge is 2.16. The topological polar surface area (TPSA) is 65.1 Å². The molecule has 0 unspecified atom stereocenters. The maximum absolute atomic E-state index is 13.1. The van der Waals surface area contributed by atoms with Crippen LogP contribution in [0.5, 0.6) is 0 Å². The van der Waals surface area contributed by atoms with E-state index in [0.717, 1.165) is 11.1 Å². The Balaban J connectivity index is 2.06. The van der Waals surface area contributed by atoms with Crippen LogP contribution in [0.4, 0.5) is 0 Å². The Morgan fingerprint density at radius 1 is 1.16 bits per heavy atom. The van der Waals surface area contributed by atoms with Crippen LogP contribution >= 0.6 is 11.3 Å². The summed E-state index contributed by atoms with van der Waals surface area (Å²) in [5, 5.41) is 0.724. The summed E-state index contributed by atoms with van der Waals surface area (Å²) in [4.78, 5) is 31.1. The van der Waals surface area contributed by atoms with E-state index in [1.165, 1.54) is 11.3 Å². The molecule has 1 aromatic carbocycles. The number of fused-ring (bicyclic) bond motifs is 2. The molecule has 0 aliphatic heterocycles. The summed E-state index contributed by atoms with van der Waals surface area (Å²) in [7, 11) is 0. The molecule has 0 radical (unpaired) electrons. The molecule has 6 heteroatoms. The fourth-order valence-electron chi connectivity index (χ4n) is 2.96. The highest BCUT2D eigenvalue weighted by Crippen LogP contribution is 2.22. The maximum atomic E-state index is 13.1. The Labute approximate surface area is 147 Å². The largest absolute Gasteiger partial charge is 0.467 e. The zero-order valence-electron chi connectivity index (χ0n) is 13.7. The van der Waals surface area contributed by atoms with Gasteiger partial charge < -0.3 is 4.42 Å². The molecule has 3 heterocycles. The molecule has 0 aliphatic carbocycles. The van der Waals surface area contributed by atoms with E-state index >= 15 is 0 Å². The van der Waals surface area contributed by atoms with Crippen molar-refractivity contribution in [2.45, 2.75) is 26.3 Å². The van der Waals surface area contributed by atoms with Crippen LogP contribution in [0.1, 0.15) is 24.9 Å². The Bertz CT molecular complexity index is 1170. The lowest BCUT2D eigenvalue weighted by Gasteiger charge is -2.12. The monoisotopic (exact) mass is 352 g/mol. The third-order valence-corrected chi connectivity index (χ3v) is 5.21. The van der Waals surface area contributed by atoms with E-state index in [0.29, 0.717) is 28.2 Å². The van der Waals surface area contributed by atoms with E-state index < -0.39 is 0 Å². The van der Waals surface area contributed by atoms with E-state index in [-0.39, 0.29) is 22.9 Å². The highest BCUT2D eigenvalue weighted by molar-refractivity contribution is 7.24. The minimum atomic E-state index is -0.295. The number of benzene rings is 1. The first-order valence-electron chi connectivity index (χ1n) is 8.16. The quantitative estimate of drug-likeness (QED) is 0.527. The summed E-state index contributed by atoms with van der Waals surface area (Å²) in [6.07, 6.45) is 3.10. The fraction of sp³-hybridized carbons (Fsp3) is 0.211. The molecule has 0 amide bonds. The lowest BCUT2D eigenvalue weighted by Crippen LogP contribution is -2.29. The van der Waals surface area contributed by atoms with Crippen molar-refractivity contribution in [1.29, 1.82) is 0 Å². The van der Waals surface area contributed by atoms with Crippen molar-refractivity contribution in [2.24, 2.45) is 0 Å². The smallest absolute Gasteiger partial charge is 0.266 e. The molecule has 4 rings (SSSR count). The molecule has 0 fully saturated rings. The number of rotatable bonds is 4. The molecule has 0 bridgehead atoms. The average Bonchev–Trinajstić information content (AvgIpc) is 3.12. The van der Waals surface area contributed by atoms with Crippen LogP contribution in [-0.4, -0.2) is 9.55 Å². The molecule has 0 saturated heterocycles. The van der Waals surface area contributed by atoms with Crippen LogP contribution < -0.4 is 11.0 Å². The van der Waals surface area contributed by atoms with Gasteiger partial charge >= 0.3 is 0 Å². The van der Waals surface area contributed by atoms with Crippen LogP contribution in [0.25, 0.3) is 20.3 Å². The molecule has 0 N–H and O–H groups in total. The van der Waals surface area contributed by atoms with Crippen molar-refractivity contribution >= 4 is 31.6 Å². The van der Waals surface area contributed by atoms with Gasteiger partial charge in [0.15, 0.2) is 0 Å². The van der Waals surface area contributed by atoms with Gasteiger partial charge in [0.1, 0.15) is 21.8 Å². The number of hydrogen-bond acceptors (Lipinski definition) is 5. The summed E-state index contributed by atoms with van der Waals surface area (Å²) in [6, 6.07) is 10.9. The first kappa shape index (κ1) is 15.8. The molecule has 0 aliphatic rings. The van der Waals surface area contributed by atoms with Gasteiger partial charge in [-0.1, -0.05) is 19.1 Å². The molecule has 25 heavy (non-hydrogen) atoms. The Hall–Kier alpha value is -2.73. The predicted molar refractivity (Wildman–Crippen MR) is 99.5 cm³/mol. The van der Waals surface area contributed by atoms with Gasteiger partial charge in [0.2, 0.25) is 5.43 Å². The standard InChI is InChI=1S/C19H16N2O3S/c1-2-6-15-20-18-16(17(22)13-8-3-4-9-14(13)25-18)19(23)21(15)11-12-7-5-10-24-12/h3-5,7-10H,2,6,11H2,1H3. The van der Waals surface area contributed by atoms with Crippen molar-refractivity contribution in [3.8, 4) is 0 Å². The zero-order valence-corrected chi connectivity index (χ0v) is 14.5. The van der Waals surface area contributed by atoms with E-state index in [2.05, 4.69) is 4.98 Å². The van der Waals surface area contributed by atoms with Gasteiger partial charge in [-0.15, -0.1) is 11.3 Å². The Morgan fingerprint density at radius 3 is 2.76 bits per heavy atom. The SMILES string of the molecule is CCCc1nc2sc3ccccc3c(=O)c2c(=O)n1Cc1ccco1. The maximum Gasteiger partial charge on any atom is 0.266 e. The third kappa shape index (κ3) is 2.68. The van der Waals surface area contributed by atoms with E-state index in [1.807, 2.05) is 31.2 Å². The third-order valence-electron chi connectivity index (χ3n) is 4.15. The molecule has 5 nitrogen and oxygen atoms in total. The predicted octanol–water partition coefficient (Wildman–Crippen LogP) is 3.57. The van der Waals surface area contributed by atoms with Gasteiger partial charge in [0.25, 0.3) is 5.56 Å². The zero-order chi connectivity index (χ0) is 17.4. The average molecular weight is 352 g/mol. The van der Waals surface area contributed by atoms with Gasteiger partial charge in [0, 0.05) is 16.5 Å². The molecule has 0 saturated carbocycles. The molecular weight excluding hydrogens is 336 g/mol. The number of hydrogen-bond donors (Lipinski definition) is 0. The number of nitrogens with zero attached hydrogens (tertiary/aromatic N) is 2. The van der Waals surface area contributed by atoms with Gasteiger partial charge in [-0.3, -0.25) is 14.2 Å². The summed E-state index contributed by atoms with van der Waals surface area (Å²) < 4.78 is 7.78. The van der Waals surface area contributed by atoms with E-state index in [1.54, 1.807) is 23.0 Å². The van der Waals surface area contributed by atoms with Crippen LogP contribution in [-0.2, 0) is 13.0 Å². The summed E-state index contributed by atoms with van der Waals surface area (Å²) in [5.41, 5.74) is -0.546. The van der Waals surface area contributed by atoms with Crippen LogP contribution in [0, 0.1) is 0 Å². The van der Waals surface area contributed by atoms with Crippen molar-refractivity contribution in [3.63, 3.8) is 0 Å². The molecule has 3 aromatic heterocycles. The summed E-state index contributed by atoms with van der Waals surface area (Å²) in [6.45, 7) is 2.32. The van der Waals surface area contributed by atoms with E-state index in [4.69, 9.17) is 4.42 Å². The number of aromatic nitrogens is 2. The normalized spacial score (nSPS) is 11.4. The lowest BCUT2D eigenvalue weighted by atomic mass is 10.2. The second kappa shape index (κ2) is 6.29.